The van der Waals surface area contributed by atoms with Crippen molar-refractivity contribution < 1.29 is 4.79 Å². The molecule has 0 aliphatic carbocycles. The van der Waals surface area contributed by atoms with Gasteiger partial charge in [-0.3, -0.25) is 9.69 Å². The molecule has 1 aliphatic heterocycles. The maximum absolute atomic E-state index is 12.3. The zero-order chi connectivity index (χ0) is 17.1. The lowest BCUT2D eigenvalue weighted by Gasteiger charge is -2.14. The van der Waals surface area contributed by atoms with Crippen molar-refractivity contribution in [3.8, 4) is 21.4 Å². The van der Waals surface area contributed by atoms with E-state index in [0.29, 0.717) is 18.2 Å². The minimum absolute atomic E-state index is 0.0391. The van der Waals surface area contributed by atoms with Crippen molar-refractivity contribution in [2.24, 2.45) is 0 Å². The molecule has 1 fully saturated rings. The van der Waals surface area contributed by atoms with Crippen molar-refractivity contribution in [2.45, 2.75) is 12.8 Å². The van der Waals surface area contributed by atoms with Gasteiger partial charge in [0, 0.05) is 17.6 Å². The Morgan fingerprint density at radius 3 is 2.80 bits per heavy atom. The van der Waals surface area contributed by atoms with Crippen molar-refractivity contribution in [2.75, 3.05) is 25.0 Å². The normalized spacial score (nSPS) is 14.7. The Hall–Kier alpha value is -2.16. The first-order valence-electron chi connectivity index (χ1n) is 8.13. The van der Waals surface area contributed by atoms with Crippen LogP contribution in [0.2, 0.25) is 0 Å². The molecule has 3 aromatic heterocycles. The lowest BCUT2D eigenvalue weighted by atomic mass is 10.3. The quantitative estimate of drug-likeness (QED) is 0.745. The number of carbonyl (C=O) groups excluding carboxylic acids is 1. The van der Waals surface area contributed by atoms with Gasteiger partial charge >= 0.3 is 0 Å². The van der Waals surface area contributed by atoms with Crippen LogP contribution >= 0.6 is 22.7 Å². The standard InChI is InChI=1S/C17H17N5OS2/c23-15(11-22-6-1-2-7-22)20-14-10-12(17-18-5-9-25-17)19-16(21-14)13-4-3-8-24-13/h3-5,8-10H,1-2,6-7,11H2,(H,19,20,21,23). The molecule has 1 aliphatic rings. The summed E-state index contributed by atoms with van der Waals surface area (Å²) in [4.78, 5) is 28.9. The molecule has 0 unspecified atom stereocenters. The Morgan fingerprint density at radius 1 is 1.20 bits per heavy atom. The first-order chi connectivity index (χ1) is 12.3. The van der Waals surface area contributed by atoms with Gasteiger partial charge in [-0.1, -0.05) is 6.07 Å². The second-order valence-electron chi connectivity index (χ2n) is 5.81. The highest BCUT2D eigenvalue weighted by Gasteiger charge is 2.17. The monoisotopic (exact) mass is 371 g/mol. The van der Waals surface area contributed by atoms with E-state index < -0.39 is 0 Å². The predicted molar refractivity (Wildman–Crippen MR) is 101 cm³/mol. The molecule has 1 N–H and O–H groups in total. The molecule has 0 radical (unpaired) electrons. The smallest absolute Gasteiger partial charge is 0.239 e. The van der Waals surface area contributed by atoms with Crippen LogP contribution in [-0.2, 0) is 4.79 Å². The molecule has 128 valence electrons. The maximum Gasteiger partial charge on any atom is 0.239 e. The van der Waals surface area contributed by atoms with Gasteiger partial charge in [0.1, 0.15) is 16.5 Å². The lowest BCUT2D eigenvalue weighted by molar-refractivity contribution is -0.117. The van der Waals surface area contributed by atoms with Crippen LogP contribution in [0.3, 0.4) is 0 Å². The predicted octanol–water partition coefficient (Wildman–Crippen LogP) is 3.36. The molecule has 4 heterocycles. The number of aromatic nitrogens is 3. The van der Waals surface area contributed by atoms with E-state index in [4.69, 9.17) is 0 Å². The lowest BCUT2D eigenvalue weighted by Crippen LogP contribution is -2.31. The highest BCUT2D eigenvalue weighted by atomic mass is 32.1. The van der Waals surface area contributed by atoms with E-state index in [1.807, 2.05) is 22.9 Å². The highest BCUT2D eigenvalue weighted by Crippen LogP contribution is 2.27. The molecule has 1 saturated heterocycles. The van der Waals surface area contributed by atoms with Crippen LogP contribution in [-0.4, -0.2) is 45.4 Å². The van der Waals surface area contributed by atoms with Crippen LogP contribution in [0.15, 0.2) is 35.2 Å². The summed E-state index contributed by atoms with van der Waals surface area (Å²) in [6, 6.07) is 5.73. The average Bonchev–Trinajstić information content (AvgIpc) is 3.37. The summed E-state index contributed by atoms with van der Waals surface area (Å²) in [6.07, 6.45) is 4.08. The van der Waals surface area contributed by atoms with Gasteiger partial charge in [0.25, 0.3) is 0 Å². The molecule has 0 saturated carbocycles. The fourth-order valence-corrected chi connectivity index (χ4v) is 4.07. The molecule has 0 spiro atoms. The fourth-order valence-electron chi connectivity index (χ4n) is 2.81. The molecule has 25 heavy (non-hydrogen) atoms. The average molecular weight is 371 g/mol. The topological polar surface area (TPSA) is 71.0 Å². The number of thiazole rings is 1. The fraction of sp³-hybridized carbons (Fsp3) is 0.294. The third-order valence-corrected chi connectivity index (χ3v) is 5.61. The molecule has 3 aromatic rings. The summed E-state index contributed by atoms with van der Waals surface area (Å²) >= 11 is 3.09. The van der Waals surface area contributed by atoms with Gasteiger partial charge in [-0.25, -0.2) is 15.0 Å². The van der Waals surface area contributed by atoms with E-state index in [2.05, 4.69) is 25.2 Å². The SMILES string of the molecule is O=C(CN1CCCC1)Nc1cc(-c2nccs2)nc(-c2cccs2)n1. The first-order valence-corrected chi connectivity index (χ1v) is 9.89. The van der Waals surface area contributed by atoms with Crippen molar-refractivity contribution in [3.63, 3.8) is 0 Å². The zero-order valence-electron chi connectivity index (χ0n) is 13.5. The molecule has 1 amide bonds. The second kappa shape index (κ2) is 7.38. The van der Waals surface area contributed by atoms with Crippen LogP contribution in [0.4, 0.5) is 5.82 Å². The van der Waals surface area contributed by atoms with E-state index in [9.17, 15) is 4.79 Å². The number of rotatable bonds is 5. The number of likely N-dealkylation sites (tertiary alicyclic amines) is 1. The largest absolute Gasteiger partial charge is 0.309 e. The van der Waals surface area contributed by atoms with Crippen molar-refractivity contribution in [3.05, 3.63) is 35.2 Å². The Labute approximate surface area is 153 Å². The number of nitrogens with one attached hydrogen (secondary N) is 1. The molecule has 0 bridgehead atoms. The van der Waals surface area contributed by atoms with Gasteiger partial charge < -0.3 is 5.32 Å². The molecular formula is C17H17N5OS2. The van der Waals surface area contributed by atoms with Crippen LogP contribution in [0, 0.1) is 0 Å². The van der Waals surface area contributed by atoms with E-state index in [1.54, 1.807) is 23.6 Å². The summed E-state index contributed by atoms with van der Waals surface area (Å²) in [5.74, 6) is 1.09. The minimum atomic E-state index is -0.0391. The molecular weight excluding hydrogens is 354 g/mol. The van der Waals surface area contributed by atoms with E-state index in [1.165, 1.54) is 11.3 Å². The number of nitrogens with zero attached hydrogens (tertiary/aromatic N) is 4. The third-order valence-electron chi connectivity index (χ3n) is 3.95. The van der Waals surface area contributed by atoms with Crippen LogP contribution < -0.4 is 5.32 Å². The van der Waals surface area contributed by atoms with Crippen molar-refractivity contribution in [1.29, 1.82) is 0 Å². The third kappa shape index (κ3) is 3.92. The van der Waals surface area contributed by atoms with Crippen LogP contribution in [0.1, 0.15) is 12.8 Å². The summed E-state index contributed by atoms with van der Waals surface area (Å²) < 4.78 is 0. The van der Waals surface area contributed by atoms with Gasteiger partial charge in [0.2, 0.25) is 5.91 Å². The Kier molecular flexibility index (Phi) is 4.82. The van der Waals surface area contributed by atoms with Gasteiger partial charge in [-0.05, 0) is 37.4 Å². The number of hydrogen-bond donors (Lipinski definition) is 1. The number of carbonyl (C=O) groups is 1. The summed E-state index contributed by atoms with van der Waals surface area (Å²) in [5, 5.41) is 7.64. The van der Waals surface area contributed by atoms with Gasteiger partial charge in [-0.15, -0.1) is 22.7 Å². The summed E-state index contributed by atoms with van der Waals surface area (Å²) in [7, 11) is 0. The zero-order valence-corrected chi connectivity index (χ0v) is 15.1. The van der Waals surface area contributed by atoms with E-state index >= 15 is 0 Å². The van der Waals surface area contributed by atoms with Gasteiger partial charge in [0.15, 0.2) is 5.82 Å². The molecule has 4 rings (SSSR count). The number of hydrogen-bond acceptors (Lipinski definition) is 7. The Morgan fingerprint density at radius 2 is 2.08 bits per heavy atom. The Bertz CT molecular complexity index is 790. The Balaban J connectivity index is 1.60. The van der Waals surface area contributed by atoms with Crippen molar-refractivity contribution >= 4 is 34.4 Å². The summed E-state index contributed by atoms with van der Waals surface area (Å²) in [6.45, 7) is 2.38. The highest BCUT2D eigenvalue weighted by molar-refractivity contribution is 7.13. The maximum atomic E-state index is 12.3. The van der Waals surface area contributed by atoms with Gasteiger partial charge in [0.05, 0.1) is 11.4 Å². The number of thiophene rings is 1. The van der Waals surface area contributed by atoms with E-state index in [-0.39, 0.29) is 5.91 Å². The number of anilines is 1. The molecule has 8 heteroatoms. The first kappa shape index (κ1) is 16.3. The van der Waals surface area contributed by atoms with Crippen molar-refractivity contribution in [1.82, 2.24) is 19.9 Å². The van der Waals surface area contributed by atoms with Gasteiger partial charge in [-0.2, -0.15) is 0 Å². The molecule has 6 nitrogen and oxygen atoms in total. The minimum Gasteiger partial charge on any atom is -0.309 e. The number of amides is 1. The second-order valence-corrected chi connectivity index (χ2v) is 7.65. The molecule has 0 aromatic carbocycles. The van der Waals surface area contributed by atoms with Crippen LogP contribution in [0.25, 0.3) is 21.4 Å². The summed E-state index contributed by atoms with van der Waals surface area (Å²) in [5.41, 5.74) is 0.727. The van der Waals surface area contributed by atoms with E-state index in [0.717, 1.165) is 41.5 Å². The van der Waals surface area contributed by atoms with Crippen LogP contribution in [0.5, 0.6) is 0 Å². The molecule has 0 atom stereocenters.